The standard InChI is InChI=1S/C11H9ClO5S/c1-2-17-11(16)7(9(14)10(12)15)8(13)6-4-3-5-18-6/h3-5,14H,2H2,1H3/b9-7+. The van der Waals surface area contributed by atoms with Crippen molar-refractivity contribution in [1.82, 2.24) is 0 Å². The molecule has 0 amide bonds. The van der Waals surface area contributed by atoms with Crippen LogP contribution in [-0.2, 0) is 14.3 Å². The lowest BCUT2D eigenvalue weighted by Crippen LogP contribution is -2.19. The summed E-state index contributed by atoms with van der Waals surface area (Å²) in [4.78, 5) is 34.6. The number of aliphatic hydroxyl groups excluding tert-OH is 1. The zero-order valence-electron chi connectivity index (χ0n) is 9.31. The molecule has 0 saturated carbocycles. The van der Waals surface area contributed by atoms with Crippen LogP contribution in [0.3, 0.4) is 0 Å². The van der Waals surface area contributed by atoms with Crippen LogP contribution in [0.4, 0.5) is 0 Å². The highest BCUT2D eigenvalue weighted by molar-refractivity contribution is 7.12. The van der Waals surface area contributed by atoms with Crippen molar-refractivity contribution in [2.45, 2.75) is 6.92 Å². The minimum atomic E-state index is -1.29. The van der Waals surface area contributed by atoms with Crippen LogP contribution in [0.25, 0.3) is 0 Å². The van der Waals surface area contributed by atoms with Gasteiger partial charge in [-0.1, -0.05) is 6.07 Å². The fourth-order valence-electron chi connectivity index (χ4n) is 1.13. The third-order valence-electron chi connectivity index (χ3n) is 1.87. The maximum absolute atomic E-state index is 11.9. The molecule has 1 aromatic heterocycles. The van der Waals surface area contributed by atoms with E-state index in [1.807, 2.05) is 0 Å². The fourth-order valence-corrected chi connectivity index (χ4v) is 1.89. The van der Waals surface area contributed by atoms with Gasteiger partial charge in [-0.05, 0) is 30.0 Å². The monoisotopic (exact) mass is 288 g/mol. The average molecular weight is 289 g/mol. The Kier molecular flexibility index (Phi) is 5.06. The molecule has 18 heavy (non-hydrogen) atoms. The van der Waals surface area contributed by atoms with Gasteiger partial charge in [0.15, 0.2) is 11.3 Å². The number of hydrogen-bond donors (Lipinski definition) is 1. The van der Waals surface area contributed by atoms with Gasteiger partial charge >= 0.3 is 5.97 Å². The van der Waals surface area contributed by atoms with Gasteiger partial charge in [-0.25, -0.2) is 4.79 Å². The Morgan fingerprint density at radius 2 is 2.11 bits per heavy atom. The van der Waals surface area contributed by atoms with Crippen LogP contribution >= 0.6 is 22.9 Å². The Labute approximate surface area is 112 Å². The van der Waals surface area contributed by atoms with Gasteiger partial charge in [0.2, 0.25) is 5.78 Å². The first kappa shape index (κ1) is 14.4. The van der Waals surface area contributed by atoms with Crippen LogP contribution in [0.1, 0.15) is 16.6 Å². The van der Waals surface area contributed by atoms with E-state index in [0.717, 1.165) is 11.3 Å². The number of thiophene rings is 1. The highest BCUT2D eigenvalue weighted by Gasteiger charge is 2.29. The number of ether oxygens (including phenoxy) is 1. The smallest absolute Gasteiger partial charge is 0.346 e. The number of Topliss-reactive ketones (excluding diaryl/α,β-unsaturated/α-hetero) is 1. The maximum atomic E-state index is 11.9. The summed E-state index contributed by atoms with van der Waals surface area (Å²) in [7, 11) is 0. The summed E-state index contributed by atoms with van der Waals surface area (Å²) < 4.78 is 4.61. The van der Waals surface area contributed by atoms with Crippen molar-refractivity contribution in [2.24, 2.45) is 0 Å². The topological polar surface area (TPSA) is 80.7 Å². The number of ketones is 1. The van der Waals surface area contributed by atoms with Crippen molar-refractivity contribution in [2.75, 3.05) is 6.61 Å². The first-order valence-electron chi connectivity index (χ1n) is 4.87. The van der Waals surface area contributed by atoms with E-state index in [4.69, 9.17) is 11.6 Å². The van der Waals surface area contributed by atoms with E-state index < -0.39 is 28.3 Å². The van der Waals surface area contributed by atoms with Crippen molar-refractivity contribution < 1.29 is 24.2 Å². The lowest BCUT2D eigenvalue weighted by atomic mass is 10.1. The summed E-state index contributed by atoms with van der Waals surface area (Å²) in [5, 5.41) is 9.77. The van der Waals surface area contributed by atoms with E-state index in [1.54, 1.807) is 11.4 Å². The van der Waals surface area contributed by atoms with Crippen molar-refractivity contribution in [1.29, 1.82) is 0 Å². The Bertz CT molecular complexity index is 504. The van der Waals surface area contributed by atoms with Gasteiger partial charge < -0.3 is 9.84 Å². The SMILES string of the molecule is CCOC(=O)/C(C(=O)c1cccs1)=C(/O)C(=O)Cl. The Morgan fingerprint density at radius 1 is 1.44 bits per heavy atom. The third kappa shape index (κ3) is 3.18. The summed E-state index contributed by atoms with van der Waals surface area (Å²) >= 11 is 6.14. The molecule has 0 unspecified atom stereocenters. The van der Waals surface area contributed by atoms with Crippen LogP contribution in [0.5, 0.6) is 0 Å². The summed E-state index contributed by atoms with van der Waals surface area (Å²) in [5.41, 5.74) is -0.751. The molecule has 0 aliphatic rings. The molecule has 0 radical (unpaired) electrons. The molecular formula is C11H9ClO5S. The molecule has 0 fully saturated rings. The van der Waals surface area contributed by atoms with E-state index in [9.17, 15) is 19.5 Å². The fraction of sp³-hybridized carbons (Fsp3) is 0.182. The van der Waals surface area contributed by atoms with Gasteiger partial charge in [0.05, 0.1) is 11.5 Å². The lowest BCUT2D eigenvalue weighted by Gasteiger charge is -2.06. The van der Waals surface area contributed by atoms with Crippen LogP contribution in [-0.4, -0.2) is 28.7 Å². The molecule has 0 spiro atoms. The zero-order valence-corrected chi connectivity index (χ0v) is 10.9. The molecule has 7 heteroatoms. The number of aliphatic hydroxyl groups is 1. The highest BCUT2D eigenvalue weighted by Crippen LogP contribution is 2.18. The molecule has 1 heterocycles. The van der Waals surface area contributed by atoms with Gasteiger partial charge in [0.25, 0.3) is 5.24 Å². The number of carbonyl (C=O) groups excluding carboxylic acids is 3. The third-order valence-corrected chi connectivity index (χ3v) is 2.92. The Morgan fingerprint density at radius 3 is 2.56 bits per heavy atom. The molecule has 96 valence electrons. The van der Waals surface area contributed by atoms with E-state index in [-0.39, 0.29) is 11.5 Å². The van der Waals surface area contributed by atoms with E-state index >= 15 is 0 Å². The van der Waals surface area contributed by atoms with E-state index in [1.165, 1.54) is 13.0 Å². The second-order valence-corrected chi connectivity index (χ2v) is 4.32. The summed E-state index contributed by atoms with van der Waals surface area (Å²) in [6, 6.07) is 3.05. The van der Waals surface area contributed by atoms with Gasteiger partial charge in [-0.15, -0.1) is 11.3 Å². The van der Waals surface area contributed by atoms with E-state index in [0.29, 0.717) is 0 Å². The summed E-state index contributed by atoms with van der Waals surface area (Å²) in [5.74, 6) is -2.98. The van der Waals surface area contributed by atoms with Crippen molar-refractivity contribution >= 4 is 39.9 Å². The molecule has 0 aromatic carbocycles. The second-order valence-electron chi connectivity index (χ2n) is 3.02. The molecule has 0 saturated heterocycles. The maximum Gasteiger partial charge on any atom is 0.346 e. The second kappa shape index (κ2) is 6.32. The molecule has 0 aliphatic heterocycles. The summed E-state index contributed by atoms with van der Waals surface area (Å²) in [6.07, 6.45) is 0. The molecule has 1 rings (SSSR count). The van der Waals surface area contributed by atoms with Gasteiger partial charge in [0.1, 0.15) is 0 Å². The number of allylic oxidation sites excluding steroid dienone is 1. The minimum Gasteiger partial charge on any atom is -0.503 e. The van der Waals surface area contributed by atoms with Crippen LogP contribution in [0.15, 0.2) is 28.8 Å². The molecular weight excluding hydrogens is 280 g/mol. The largest absolute Gasteiger partial charge is 0.503 e. The highest BCUT2D eigenvalue weighted by atomic mass is 35.5. The Hall–Kier alpha value is -1.66. The molecule has 0 bridgehead atoms. The van der Waals surface area contributed by atoms with E-state index in [2.05, 4.69) is 4.74 Å². The lowest BCUT2D eigenvalue weighted by molar-refractivity contribution is -0.138. The number of carbonyl (C=O) groups is 3. The molecule has 0 aliphatic carbocycles. The first-order chi connectivity index (χ1) is 8.49. The summed E-state index contributed by atoms with van der Waals surface area (Å²) in [6.45, 7) is 1.54. The number of hydrogen-bond acceptors (Lipinski definition) is 6. The number of rotatable bonds is 5. The molecule has 1 aromatic rings. The number of esters is 1. The minimum absolute atomic E-state index is 0.00378. The van der Waals surface area contributed by atoms with Crippen molar-refractivity contribution in [3.05, 3.63) is 33.7 Å². The number of halogens is 1. The predicted octanol–water partition coefficient (Wildman–Crippen LogP) is 2.07. The van der Waals surface area contributed by atoms with Crippen LogP contribution in [0.2, 0.25) is 0 Å². The zero-order chi connectivity index (χ0) is 13.7. The Balaban J connectivity index is 3.22. The first-order valence-corrected chi connectivity index (χ1v) is 6.13. The molecule has 0 atom stereocenters. The van der Waals surface area contributed by atoms with Crippen molar-refractivity contribution in [3.8, 4) is 0 Å². The van der Waals surface area contributed by atoms with Gasteiger partial charge in [-0.3, -0.25) is 9.59 Å². The van der Waals surface area contributed by atoms with Gasteiger partial charge in [0, 0.05) is 0 Å². The quantitative estimate of drug-likeness (QED) is 0.171. The van der Waals surface area contributed by atoms with Crippen LogP contribution < -0.4 is 0 Å². The predicted molar refractivity (Wildman–Crippen MR) is 65.8 cm³/mol. The normalized spacial score (nSPS) is 11.7. The molecule has 5 nitrogen and oxygen atoms in total. The molecule has 1 N–H and O–H groups in total. The average Bonchev–Trinajstić information content (AvgIpc) is 2.82. The van der Waals surface area contributed by atoms with Gasteiger partial charge in [-0.2, -0.15) is 0 Å². The van der Waals surface area contributed by atoms with Crippen molar-refractivity contribution in [3.63, 3.8) is 0 Å². The van der Waals surface area contributed by atoms with Crippen LogP contribution in [0, 0.1) is 0 Å².